The molecule has 0 saturated heterocycles. The second kappa shape index (κ2) is 12.4. The number of fused-ring (bicyclic) bond motifs is 6. The lowest BCUT2D eigenvalue weighted by Gasteiger charge is -2.10. The van der Waals surface area contributed by atoms with Crippen LogP contribution < -0.4 is 0 Å². The van der Waals surface area contributed by atoms with Crippen LogP contribution in [-0.2, 0) is 0 Å². The highest BCUT2D eigenvalue weighted by Gasteiger charge is 2.19. The molecule has 3 heterocycles. The Bertz CT molecular complexity index is 3200. The molecule has 54 heavy (non-hydrogen) atoms. The molecule has 0 aliphatic heterocycles. The first-order valence-corrected chi connectivity index (χ1v) is 17.4. The molecular formula is C47H25N5O2. The molecule has 0 saturated carbocycles. The number of aromatic nitrogens is 3. The smallest absolute Gasteiger partial charge is 0.164 e. The Morgan fingerprint density at radius 3 is 1.67 bits per heavy atom. The highest BCUT2D eigenvalue weighted by atomic mass is 16.3. The SMILES string of the molecule is N#Cc1cccc(-c2nc(-c3ccccc3)nc(-c3cc(C#N)cc(-c4ccc5c(c4)oc4cccc(-c6cccc7oc8ccccc8c67)c45)c3)n2)c1. The zero-order valence-electron chi connectivity index (χ0n) is 28.5. The lowest BCUT2D eigenvalue weighted by molar-refractivity contribution is 0.668. The average Bonchev–Trinajstić information content (AvgIpc) is 3.82. The van der Waals surface area contributed by atoms with Gasteiger partial charge in [-0.2, -0.15) is 10.5 Å². The average molecular weight is 692 g/mol. The maximum Gasteiger partial charge on any atom is 0.164 e. The van der Waals surface area contributed by atoms with Gasteiger partial charge in [-0.05, 0) is 82.9 Å². The van der Waals surface area contributed by atoms with E-state index in [0.29, 0.717) is 39.7 Å². The van der Waals surface area contributed by atoms with Crippen LogP contribution in [0, 0.1) is 22.7 Å². The first kappa shape index (κ1) is 30.9. The van der Waals surface area contributed by atoms with Gasteiger partial charge in [0.15, 0.2) is 17.5 Å². The molecule has 0 bridgehead atoms. The Morgan fingerprint density at radius 2 is 0.926 bits per heavy atom. The number of furan rings is 2. The highest BCUT2D eigenvalue weighted by Crippen LogP contribution is 2.43. The van der Waals surface area contributed by atoms with Crippen molar-refractivity contribution in [1.29, 1.82) is 10.5 Å². The van der Waals surface area contributed by atoms with Crippen molar-refractivity contribution in [2.24, 2.45) is 0 Å². The third-order valence-corrected chi connectivity index (χ3v) is 9.76. The minimum atomic E-state index is 0.412. The molecule has 250 valence electrons. The van der Waals surface area contributed by atoms with Crippen molar-refractivity contribution < 1.29 is 8.83 Å². The Morgan fingerprint density at radius 1 is 0.370 bits per heavy atom. The molecule has 7 heteroatoms. The molecule has 0 N–H and O–H groups in total. The second-order valence-corrected chi connectivity index (χ2v) is 13.0. The molecule has 0 aliphatic carbocycles. The summed E-state index contributed by atoms with van der Waals surface area (Å²) in [5, 5.41) is 23.9. The van der Waals surface area contributed by atoms with Crippen molar-refractivity contribution in [3.05, 3.63) is 163 Å². The maximum absolute atomic E-state index is 10.2. The molecule has 10 aromatic rings. The van der Waals surface area contributed by atoms with Gasteiger partial charge < -0.3 is 8.83 Å². The summed E-state index contributed by atoms with van der Waals surface area (Å²) < 4.78 is 12.8. The lowest BCUT2D eigenvalue weighted by Crippen LogP contribution is -2.00. The van der Waals surface area contributed by atoms with Crippen LogP contribution in [0.2, 0.25) is 0 Å². The molecule has 0 radical (unpaired) electrons. The minimum Gasteiger partial charge on any atom is -0.456 e. The van der Waals surface area contributed by atoms with Crippen LogP contribution in [0.3, 0.4) is 0 Å². The standard InChI is InChI=1S/C47H25N5O2/c48-26-28-9-6-12-32(21-28)46-50-45(30-10-2-1-3-11-30)51-47(52-46)34-23-29(27-49)22-33(24-34)31-19-20-38-42(25-31)54-41-18-8-15-36(44(38)41)35-14-7-17-40-43(35)37-13-4-5-16-39(37)53-40/h1-25H. The van der Waals surface area contributed by atoms with E-state index in [0.717, 1.165) is 71.7 Å². The van der Waals surface area contributed by atoms with E-state index in [1.54, 1.807) is 18.2 Å². The predicted molar refractivity (Wildman–Crippen MR) is 211 cm³/mol. The minimum absolute atomic E-state index is 0.412. The molecular weight excluding hydrogens is 667 g/mol. The molecule has 0 aliphatic rings. The first-order valence-electron chi connectivity index (χ1n) is 17.4. The van der Waals surface area contributed by atoms with Gasteiger partial charge in [0, 0.05) is 38.2 Å². The molecule has 0 fully saturated rings. The summed E-state index contributed by atoms with van der Waals surface area (Å²) in [5.41, 5.74) is 10.2. The van der Waals surface area contributed by atoms with Gasteiger partial charge in [-0.25, -0.2) is 15.0 Å². The summed E-state index contributed by atoms with van der Waals surface area (Å²) in [6.07, 6.45) is 0. The van der Waals surface area contributed by atoms with Gasteiger partial charge in [-0.3, -0.25) is 0 Å². The van der Waals surface area contributed by atoms with Gasteiger partial charge in [-0.15, -0.1) is 0 Å². The fraction of sp³-hybridized carbons (Fsp3) is 0. The fourth-order valence-corrected chi connectivity index (χ4v) is 7.30. The quantitative estimate of drug-likeness (QED) is 0.176. The first-order chi connectivity index (χ1) is 26.6. The normalized spacial score (nSPS) is 11.3. The largest absolute Gasteiger partial charge is 0.456 e. The Hall–Kier alpha value is -7.87. The number of benzene rings is 7. The number of nitrogens with zero attached hydrogens (tertiary/aromatic N) is 5. The van der Waals surface area contributed by atoms with Crippen LogP contribution in [0.4, 0.5) is 0 Å². The monoisotopic (exact) mass is 691 g/mol. The third kappa shape index (κ3) is 5.16. The maximum atomic E-state index is 10.2. The van der Waals surface area contributed by atoms with Gasteiger partial charge in [0.25, 0.3) is 0 Å². The zero-order chi connectivity index (χ0) is 36.2. The van der Waals surface area contributed by atoms with Crippen molar-refractivity contribution >= 4 is 43.9 Å². The highest BCUT2D eigenvalue weighted by molar-refractivity contribution is 6.19. The molecule has 10 rings (SSSR count). The number of hydrogen-bond donors (Lipinski definition) is 0. The van der Waals surface area contributed by atoms with Gasteiger partial charge in [0.05, 0.1) is 23.3 Å². The Balaban J connectivity index is 1.12. The molecule has 0 spiro atoms. The van der Waals surface area contributed by atoms with Gasteiger partial charge in [0.2, 0.25) is 0 Å². The van der Waals surface area contributed by atoms with Crippen LogP contribution >= 0.6 is 0 Å². The van der Waals surface area contributed by atoms with Crippen LogP contribution in [0.1, 0.15) is 11.1 Å². The topological polar surface area (TPSA) is 113 Å². The van der Waals surface area contributed by atoms with E-state index in [1.807, 2.05) is 103 Å². The van der Waals surface area contributed by atoms with Crippen LogP contribution in [0.15, 0.2) is 160 Å². The van der Waals surface area contributed by atoms with Gasteiger partial charge in [-0.1, -0.05) is 91.0 Å². The Labute approximate surface area is 308 Å². The molecule has 3 aromatic heterocycles. The van der Waals surface area contributed by atoms with E-state index < -0.39 is 0 Å². The third-order valence-electron chi connectivity index (χ3n) is 9.76. The lowest BCUT2D eigenvalue weighted by atomic mass is 9.94. The van der Waals surface area contributed by atoms with Crippen molar-refractivity contribution in [1.82, 2.24) is 15.0 Å². The molecule has 0 unspecified atom stereocenters. The summed E-state index contributed by atoms with van der Waals surface area (Å²) in [6.45, 7) is 0. The summed E-state index contributed by atoms with van der Waals surface area (Å²) in [5.74, 6) is 1.33. The molecule has 7 aromatic carbocycles. The van der Waals surface area contributed by atoms with Crippen molar-refractivity contribution in [3.8, 4) is 68.6 Å². The van der Waals surface area contributed by atoms with E-state index in [4.69, 9.17) is 23.8 Å². The van der Waals surface area contributed by atoms with Crippen LogP contribution in [0.5, 0.6) is 0 Å². The van der Waals surface area contributed by atoms with E-state index in [-0.39, 0.29) is 0 Å². The summed E-state index contributed by atoms with van der Waals surface area (Å²) >= 11 is 0. The molecule has 0 amide bonds. The van der Waals surface area contributed by atoms with E-state index in [1.165, 1.54) is 0 Å². The number of para-hydroxylation sites is 1. The van der Waals surface area contributed by atoms with Crippen LogP contribution in [-0.4, -0.2) is 15.0 Å². The van der Waals surface area contributed by atoms with Gasteiger partial charge in [0.1, 0.15) is 22.3 Å². The van der Waals surface area contributed by atoms with Gasteiger partial charge >= 0.3 is 0 Å². The predicted octanol–water partition coefficient (Wildman–Crippen LogP) is 11.7. The van der Waals surface area contributed by atoms with Crippen molar-refractivity contribution in [2.45, 2.75) is 0 Å². The van der Waals surface area contributed by atoms with Crippen molar-refractivity contribution in [2.75, 3.05) is 0 Å². The van der Waals surface area contributed by atoms with Crippen LogP contribution in [0.25, 0.3) is 100 Å². The number of nitriles is 2. The number of rotatable bonds is 5. The molecule has 7 nitrogen and oxygen atoms in total. The van der Waals surface area contributed by atoms with E-state index >= 15 is 0 Å². The second-order valence-electron chi connectivity index (χ2n) is 13.0. The number of hydrogen-bond acceptors (Lipinski definition) is 7. The molecule has 0 atom stereocenters. The van der Waals surface area contributed by atoms with Crippen molar-refractivity contribution in [3.63, 3.8) is 0 Å². The fourth-order valence-electron chi connectivity index (χ4n) is 7.30. The zero-order valence-corrected chi connectivity index (χ0v) is 28.5. The summed E-state index contributed by atoms with van der Waals surface area (Å²) in [6, 6.07) is 53.6. The Kier molecular flexibility index (Phi) is 7.11. The van der Waals surface area contributed by atoms with E-state index in [9.17, 15) is 10.5 Å². The summed E-state index contributed by atoms with van der Waals surface area (Å²) in [4.78, 5) is 14.6. The van der Waals surface area contributed by atoms with E-state index in [2.05, 4.69) is 42.5 Å². The summed E-state index contributed by atoms with van der Waals surface area (Å²) in [7, 11) is 0.